The third kappa shape index (κ3) is 9.39. The zero-order chi connectivity index (χ0) is 25.5. The van der Waals surface area contributed by atoms with Crippen molar-refractivity contribution in [1.29, 1.82) is 0 Å². The molecule has 1 aromatic carbocycles. The minimum Gasteiger partial charge on any atom is -0.477 e. The topological polar surface area (TPSA) is 62.6 Å². The van der Waals surface area contributed by atoms with Crippen molar-refractivity contribution in [3.63, 3.8) is 0 Å². The van der Waals surface area contributed by atoms with E-state index in [4.69, 9.17) is 4.74 Å². The maximum Gasteiger partial charge on any atom is 0.215 e. The molecular formula is C29H41N5O. The summed E-state index contributed by atoms with van der Waals surface area (Å²) in [4.78, 5) is 11.4. The van der Waals surface area contributed by atoms with Crippen LogP contribution in [0, 0.1) is 13.8 Å². The number of hydrogen-bond acceptors (Lipinski definition) is 6. The van der Waals surface area contributed by atoms with Crippen molar-refractivity contribution < 1.29 is 4.74 Å². The van der Waals surface area contributed by atoms with Gasteiger partial charge in [-0.3, -0.25) is 10.4 Å². The van der Waals surface area contributed by atoms with Gasteiger partial charge in [-0.05, 0) is 68.1 Å². The molecule has 0 aliphatic carbocycles. The van der Waals surface area contributed by atoms with Crippen molar-refractivity contribution in [3.8, 4) is 5.88 Å². The van der Waals surface area contributed by atoms with Gasteiger partial charge in [0, 0.05) is 43.2 Å². The Hall–Kier alpha value is -3.41. The van der Waals surface area contributed by atoms with Gasteiger partial charge in [-0.2, -0.15) is 5.10 Å². The van der Waals surface area contributed by atoms with E-state index in [1.807, 2.05) is 44.2 Å². The number of rotatable bonds is 12. The van der Waals surface area contributed by atoms with Gasteiger partial charge in [-0.15, -0.1) is 0 Å². The molecule has 6 nitrogen and oxygen atoms in total. The zero-order valence-electron chi connectivity index (χ0n) is 22.2. The molecule has 0 saturated heterocycles. The van der Waals surface area contributed by atoms with E-state index >= 15 is 0 Å². The second-order valence-electron chi connectivity index (χ2n) is 8.16. The van der Waals surface area contributed by atoms with Crippen LogP contribution in [0.25, 0.3) is 0 Å². The number of ether oxygens (including phenoxy) is 1. The summed E-state index contributed by atoms with van der Waals surface area (Å²) >= 11 is 0. The zero-order valence-corrected chi connectivity index (χ0v) is 22.2. The Bertz CT molecular complexity index is 1030. The highest BCUT2D eigenvalue weighted by Gasteiger charge is 2.10. The molecule has 35 heavy (non-hydrogen) atoms. The monoisotopic (exact) mass is 475 g/mol. The lowest BCUT2D eigenvalue weighted by Crippen LogP contribution is -2.25. The Balaban J connectivity index is 0.00000210. The summed E-state index contributed by atoms with van der Waals surface area (Å²) in [5, 5.41) is 4.42. The molecule has 0 radical (unpaired) electrons. The van der Waals surface area contributed by atoms with Crippen LogP contribution in [0.15, 0.2) is 59.8 Å². The average Bonchev–Trinajstić information content (AvgIpc) is 2.88. The fraction of sp³-hybridized carbons (Fsp3) is 0.414. The minimum atomic E-state index is 0.520. The number of nitrogens with one attached hydrogen (secondary N) is 1. The fourth-order valence-corrected chi connectivity index (χ4v) is 3.53. The van der Waals surface area contributed by atoms with Gasteiger partial charge in [0.1, 0.15) is 0 Å². The van der Waals surface area contributed by atoms with Crippen LogP contribution in [0.1, 0.15) is 63.1 Å². The second-order valence-corrected chi connectivity index (χ2v) is 8.16. The van der Waals surface area contributed by atoms with Gasteiger partial charge in [0.2, 0.25) is 5.88 Å². The Morgan fingerprint density at radius 2 is 1.74 bits per heavy atom. The van der Waals surface area contributed by atoms with Crippen LogP contribution in [0.4, 0.5) is 11.4 Å². The summed E-state index contributed by atoms with van der Waals surface area (Å²) in [6, 6.07) is 16.2. The molecule has 0 amide bonds. The van der Waals surface area contributed by atoms with Crippen LogP contribution < -0.4 is 15.1 Å². The first-order valence-electron chi connectivity index (χ1n) is 12.7. The highest BCUT2D eigenvalue weighted by molar-refractivity contribution is 5.80. The molecule has 188 valence electrons. The van der Waals surface area contributed by atoms with Gasteiger partial charge in [0.25, 0.3) is 0 Å². The van der Waals surface area contributed by atoms with Crippen molar-refractivity contribution in [2.75, 3.05) is 30.0 Å². The van der Waals surface area contributed by atoms with Gasteiger partial charge < -0.3 is 9.64 Å². The van der Waals surface area contributed by atoms with E-state index < -0.39 is 0 Å². The summed E-state index contributed by atoms with van der Waals surface area (Å²) in [7, 11) is 0. The van der Waals surface area contributed by atoms with E-state index in [0.717, 1.165) is 55.1 Å². The molecule has 0 unspecified atom stereocenters. The van der Waals surface area contributed by atoms with E-state index in [0.29, 0.717) is 12.5 Å². The lowest BCUT2D eigenvalue weighted by Gasteiger charge is -2.24. The number of anilines is 2. The largest absolute Gasteiger partial charge is 0.477 e. The first kappa shape index (κ1) is 27.8. The third-order valence-electron chi connectivity index (χ3n) is 5.39. The summed E-state index contributed by atoms with van der Waals surface area (Å²) in [5.74, 6) is 0.605. The molecule has 0 saturated carbocycles. The molecule has 6 heteroatoms. The van der Waals surface area contributed by atoms with Gasteiger partial charge >= 0.3 is 0 Å². The molecule has 0 aliphatic rings. The number of hydrazone groups is 1. The number of hydrogen-bond donors (Lipinski definition) is 1. The lowest BCUT2D eigenvalue weighted by atomic mass is 10.1. The Morgan fingerprint density at radius 3 is 2.40 bits per heavy atom. The van der Waals surface area contributed by atoms with Crippen molar-refractivity contribution in [3.05, 3.63) is 77.2 Å². The highest BCUT2D eigenvalue weighted by atomic mass is 16.5. The van der Waals surface area contributed by atoms with E-state index in [1.165, 1.54) is 11.1 Å². The number of nitrogens with zero attached hydrogens (tertiary/aromatic N) is 4. The lowest BCUT2D eigenvalue weighted by molar-refractivity contribution is 0.308. The molecule has 0 fully saturated rings. The maximum atomic E-state index is 6.03. The van der Waals surface area contributed by atoms with Gasteiger partial charge in [-0.1, -0.05) is 39.8 Å². The number of aromatic nitrogens is 2. The Morgan fingerprint density at radius 1 is 0.971 bits per heavy atom. The first-order valence-corrected chi connectivity index (χ1v) is 12.7. The van der Waals surface area contributed by atoms with Crippen molar-refractivity contribution in [1.82, 2.24) is 9.97 Å². The molecule has 0 atom stereocenters. The summed E-state index contributed by atoms with van der Waals surface area (Å²) in [6.07, 6.45) is 6.45. The maximum absolute atomic E-state index is 6.03. The van der Waals surface area contributed by atoms with Crippen LogP contribution >= 0.6 is 0 Å². The van der Waals surface area contributed by atoms with Crippen molar-refractivity contribution in [2.45, 2.75) is 60.8 Å². The average molecular weight is 476 g/mol. The number of pyridine rings is 2. The summed E-state index contributed by atoms with van der Waals surface area (Å²) in [6.45, 7) is 15.1. The fourth-order valence-electron chi connectivity index (χ4n) is 3.53. The van der Waals surface area contributed by atoms with E-state index in [9.17, 15) is 0 Å². The molecular weight excluding hydrogens is 434 g/mol. The smallest absolute Gasteiger partial charge is 0.215 e. The predicted octanol–water partition coefficient (Wildman–Crippen LogP) is 6.81. The molecule has 3 aromatic rings. The van der Waals surface area contributed by atoms with Crippen molar-refractivity contribution in [2.24, 2.45) is 5.10 Å². The van der Waals surface area contributed by atoms with Crippen molar-refractivity contribution >= 4 is 17.6 Å². The molecule has 3 rings (SSSR count). The summed E-state index contributed by atoms with van der Waals surface area (Å²) < 4.78 is 6.03. The quantitative estimate of drug-likeness (QED) is 0.230. The van der Waals surface area contributed by atoms with E-state index in [2.05, 4.69) is 71.3 Å². The highest BCUT2D eigenvalue weighted by Crippen LogP contribution is 2.22. The SMILES string of the molecule is CC.CCCN(CCC)c1cc(/C=N/Nc2ccc(C)c(C)c2)nc(OCCc2ccccn2)c1. The van der Waals surface area contributed by atoms with Crippen LogP contribution in [0.5, 0.6) is 5.88 Å². The van der Waals surface area contributed by atoms with Crippen LogP contribution in [-0.4, -0.2) is 35.9 Å². The molecule has 1 N–H and O–H groups in total. The third-order valence-corrected chi connectivity index (χ3v) is 5.39. The van der Waals surface area contributed by atoms with E-state index in [1.54, 1.807) is 12.4 Å². The Kier molecular flexibility index (Phi) is 12.3. The first-order chi connectivity index (χ1) is 17.1. The van der Waals surface area contributed by atoms with Gasteiger partial charge in [0.05, 0.1) is 24.2 Å². The normalized spacial score (nSPS) is 10.6. The minimum absolute atomic E-state index is 0.520. The molecule has 2 heterocycles. The summed E-state index contributed by atoms with van der Waals surface area (Å²) in [5.41, 5.74) is 9.43. The van der Waals surface area contributed by atoms with Gasteiger partial charge in [0.15, 0.2) is 0 Å². The number of benzene rings is 1. The molecule has 2 aromatic heterocycles. The molecule has 0 bridgehead atoms. The van der Waals surface area contributed by atoms with E-state index in [-0.39, 0.29) is 0 Å². The molecule has 0 spiro atoms. The Labute approximate surface area is 211 Å². The molecule has 0 aliphatic heterocycles. The second kappa shape index (κ2) is 15.5. The van der Waals surface area contributed by atoms with Crippen LogP contribution in [0.3, 0.4) is 0 Å². The number of aryl methyl sites for hydroxylation is 2. The van der Waals surface area contributed by atoms with Crippen LogP contribution in [0.2, 0.25) is 0 Å². The predicted molar refractivity (Wildman–Crippen MR) is 149 cm³/mol. The van der Waals surface area contributed by atoms with Crippen LogP contribution in [-0.2, 0) is 6.42 Å². The van der Waals surface area contributed by atoms with Gasteiger partial charge in [-0.25, -0.2) is 4.98 Å². The standard InChI is InChI=1S/C27H35N5O.C2H6/c1-5-14-32(15-6-2)26-18-25(20-29-31-24-11-10-21(3)22(4)17-24)30-27(19-26)33-16-12-23-9-7-8-13-28-23;1-2/h7-11,13,17-20,31H,5-6,12,14-16H2,1-4H3;1-2H3/b29-20+;.